The molecule has 4 rings (SSSR count). The summed E-state index contributed by atoms with van der Waals surface area (Å²) < 4.78 is 10.3. The van der Waals surface area contributed by atoms with Gasteiger partial charge in [-0.1, -0.05) is 24.3 Å². The smallest absolute Gasteiger partial charge is 0.338 e. The predicted octanol–water partition coefficient (Wildman–Crippen LogP) is 3.82. The number of carbonyl (C=O) groups excluding carboxylic acids is 4. The Kier molecular flexibility index (Phi) is 6.72. The van der Waals surface area contributed by atoms with Crippen molar-refractivity contribution in [1.29, 1.82) is 0 Å². The first-order valence-corrected chi connectivity index (χ1v) is 10.8. The highest BCUT2D eigenvalue weighted by Crippen LogP contribution is 2.28. The predicted molar refractivity (Wildman–Crippen MR) is 123 cm³/mol. The number of rotatable bonds is 8. The number of hydrogen-bond donors (Lipinski definition) is 1. The van der Waals surface area contributed by atoms with E-state index < -0.39 is 29.9 Å². The van der Waals surface area contributed by atoms with Gasteiger partial charge in [0.05, 0.1) is 37.1 Å². The van der Waals surface area contributed by atoms with E-state index in [0.717, 1.165) is 4.90 Å². The van der Waals surface area contributed by atoms with Gasteiger partial charge in [0, 0.05) is 5.69 Å². The minimum atomic E-state index is -1.02. The first-order chi connectivity index (χ1) is 16.5. The third-order valence-electron chi connectivity index (χ3n) is 5.28. The quantitative estimate of drug-likeness (QED) is 0.403. The monoisotopic (exact) mass is 461 g/mol. The summed E-state index contributed by atoms with van der Waals surface area (Å²) >= 11 is 0. The number of nitrogens with zero attached hydrogens (tertiary/aromatic N) is 2. The lowest BCUT2D eigenvalue weighted by Gasteiger charge is -2.20. The second kappa shape index (κ2) is 10.0. The van der Waals surface area contributed by atoms with Crippen LogP contribution in [0.15, 0.2) is 77.4 Å². The molecule has 0 unspecified atom stereocenters. The Balaban J connectivity index is 1.54. The van der Waals surface area contributed by atoms with Crippen LogP contribution in [0.1, 0.15) is 29.5 Å². The van der Waals surface area contributed by atoms with E-state index in [4.69, 9.17) is 9.15 Å². The summed E-state index contributed by atoms with van der Waals surface area (Å²) in [5.74, 6) is -0.994. The highest BCUT2D eigenvalue weighted by molar-refractivity contribution is 6.22. The van der Waals surface area contributed by atoms with Gasteiger partial charge in [0.1, 0.15) is 11.8 Å². The third kappa shape index (κ3) is 4.83. The van der Waals surface area contributed by atoms with Crippen LogP contribution in [0, 0.1) is 0 Å². The zero-order valence-electron chi connectivity index (χ0n) is 18.5. The average molecular weight is 461 g/mol. The number of ether oxygens (including phenoxy) is 1. The summed E-state index contributed by atoms with van der Waals surface area (Å²) in [7, 11) is 0. The van der Waals surface area contributed by atoms with Gasteiger partial charge in [0.15, 0.2) is 0 Å². The molecule has 1 aliphatic heterocycles. The van der Waals surface area contributed by atoms with Gasteiger partial charge in [-0.15, -0.1) is 0 Å². The number of furan rings is 1. The summed E-state index contributed by atoms with van der Waals surface area (Å²) in [6.45, 7) is 1.98. The van der Waals surface area contributed by atoms with Crippen LogP contribution in [-0.4, -0.2) is 41.4 Å². The molecule has 1 atom stereocenters. The molecule has 1 aliphatic rings. The SMILES string of the molecule is CCOC(=O)c1cccc(NC(=O)C[C@@H]2C(=O)N(c3ccccc3)C(=O)N2Cc2ccco2)c1. The number of nitrogens with one attached hydrogen (secondary N) is 1. The number of benzene rings is 2. The fraction of sp³-hybridized carbons (Fsp3) is 0.200. The largest absolute Gasteiger partial charge is 0.467 e. The van der Waals surface area contributed by atoms with Gasteiger partial charge in [-0.3, -0.25) is 9.59 Å². The Morgan fingerprint density at radius 1 is 1.03 bits per heavy atom. The van der Waals surface area contributed by atoms with E-state index in [1.807, 2.05) is 0 Å². The van der Waals surface area contributed by atoms with Gasteiger partial charge in [-0.05, 0) is 49.4 Å². The summed E-state index contributed by atoms with van der Waals surface area (Å²) in [5, 5.41) is 2.70. The first-order valence-electron chi connectivity index (χ1n) is 10.8. The molecule has 9 nitrogen and oxygen atoms in total. The molecule has 9 heteroatoms. The van der Waals surface area contributed by atoms with E-state index in [2.05, 4.69) is 5.32 Å². The van der Waals surface area contributed by atoms with Crippen molar-refractivity contribution in [2.75, 3.05) is 16.8 Å². The normalized spacial score (nSPS) is 15.5. The summed E-state index contributed by atoms with van der Waals surface area (Å²) in [5.41, 5.74) is 1.10. The lowest BCUT2D eigenvalue weighted by Crippen LogP contribution is -2.37. The van der Waals surface area contributed by atoms with Crippen molar-refractivity contribution in [1.82, 2.24) is 4.90 Å². The lowest BCUT2D eigenvalue weighted by atomic mass is 10.1. The second-order valence-corrected chi connectivity index (χ2v) is 7.57. The van der Waals surface area contributed by atoms with Crippen LogP contribution in [0.25, 0.3) is 0 Å². The molecule has 1 saturated heterocycles. The third-order valence-corrected chi connectivity index (χ3v) is 5.28. The number of urea groups is 1. The van der Waals surface area contributed by atoms with Crippen molar-refractivity contribution in [3.05, 3.63) is 84.3 Å². The van der Waals surface area contributed by atoms with E-state index in [-0.39, 0.29) is 19.6 Å². The van der Waals surface area contributed by atoms with Crippen LogP contribution >= 0.6 is 0 Å². The number of imide groups is 1. The van der Waals surface area contributed by atoms with Gasteiger partial charge in [-0.25, -0.2) is 14.5 Å². The summed E-state index contributed by atoms with van der Waals surface area (Å²) in [6.07, 6.45) is 1.21. The fourth-order valence-electron chi connectivity index (χ4n) is 3.72. The van der Waals surface area contributed by atoms with Crippen molar-refractivity contribution in [2.24, 2.45) is 0 Å². The van der Waals surface area contributed by atoms with Gasteiger partial charge in [-0.2, -0.15) is 0 Å². The molecule has 174 valence electrons. The number of hydrogen-bond acceptors (Lipinski definition) is 6. The summed E-state index contributed by atoms with van der Waals surface area (Å²) in [6, 6.07) is 16.7. The Morgan fingerprint density at radius 3 is 2.53 bits per heavy atom. The topological polar surface area (TPSA) is 109 Å². The highest BCUT2D eigenvalue weighted by atomic mass is 16.5. The molecule has 34 heavy (non-hydrogen) atoms. The number of anilines is 2. The molecule has 0 saturated carbocycles. The zero-order valence-corrected chi connectivity index (χ0v) is 18.5. The van der Waals surface area contributed by atoms with Crippen molar-refractivity contribution in [3.8, 4) is 0 Å². The first kappa shape index (κ1) is 22.8. The average Bonchev–Trinajstić information content (AvgIpc) is 3.42. The van der Waals surface area contributed by atoms with Crippen LogP contribution in [0.2, 0.25) is 0 Å². The van der Waals surface area contributed by atoms with Crippen LogP contribution in [-0.2, 0) is 20.9 Å². The lowest BCUT2D eigenvalue weighted by molar-refractivity contribution is -0.124. The molecule has 4 amide bonds. The maximum Gasteiger partial charge on any atom is 0.338 e. The standard InChI is InChI=1S/C25H23N3O6/c1-2-33-24(31)17-8-6-9-18(14-17)26-22(29)15-21-23(30)28(19-10-4-3-5-11-19)25(32)27(21)16-20-12-7-13-34-20/h3-14,21H,2,15-16H2,1H3,(H,26,29)/t21-/m1/s1. The van der Waals surface area contributed by atoms with Crippen LogP contribution in [0.5, 0.6) is 0 Å². The maximum atomic E-state index is 13.3. The van der Waals surface area contributed by atoms with E-state index in [9.17, 15) is 19.2 Å². The Bertz CT molecular complexity index is 1190. The van der Waals surface area contributed by atoms with E-state index in [1.54, 1.807) is 67.6 Å². The van der Waals surface area contributed by atoms with Crippen LogP contribution < -0.4 is 10.2 Å². The molecule has 3 aromatic rings. The Hall–Kier alpha value is -4.40. The molecule has 2 aromatic carbocycles. The van der Waals surface area contributed by atoms with Gasteiger partial charge in [0.2, 0.25) is 5.91 Å². The molecular formula is C25H23N3O6. The van der Waals surface area contributed by atoms with E-state index in [1.165, 1.54) is 17.2 Å². The number of amides is 4. The van der Waals surface area contributed by atoms with Crippen molar-refractivity contribution < 1.29 is 28.3 Å². The second-order valence-electron chi connectivity index (χ2n) is 7.57. The molecule has 0 radical (unpaired) electrons. The van der Waals surface area contributed by atoms with Crippen LogP contribution in [0.4, 0.5) is 16.2 Å². The number of para-hydroxylation sites is 1. The zero-order chi connectivity index (χ0) is 24.1. The fourth-order valence-corrected chi connectivity index (χ4v) is 3.72. The molecule has 0 aliphatic carbocycles. The molecule has 1 fully saturated rings. The molecular weight excluding hydrogens is 438 g/mol. The van der Waals surface area contributed by atoms with Crippen LogP contribution in [0.3, 0.4) is 0 Å². The van der Waals surface area contributed by atoms with Crippen molar-refractivity contribution in [3.63, 3.8) is 0 Å². The van der Waals surface area contributed by atoms with Gasteiger partial charge < -0.3 is 19.4 Å². The molecule has 1 aromatic heterocycles. The molecule has 1 N–H and O–H groups in total. The van der Waals surface area contributed by atoms with Gasteiger partial charge >= 0.3 is 12.0 Å². The molecule has 0 bridgehead atoms. The highest BCUT2D eigenvalue weighted by Gasteiger charge is 2.46. The minimum absolute atomic E-state index is 0.0389. The Morgan fingerprint density at radius 2 is 1.82 bits per heavy atom. The number of carbonyl (C=O) groups is 4. The molecule has 2 heterocycles. The van der Waals surface area contributed by atoms with E-state index in [0.29, 0.717) is 22.7 Å². The minimum Gasteiger partial charge on any atom is -0.467 e. The van der Waals surface area contributed by atoms with Gasteiger partial charge in [0.25, 0.3) is 5.91 Å². The summed E-state index contributed by atoms with van der Waals surface area (Å²) in [4.78, 5) is 53.7. The van der Waals surface area contributed by atoms with Crippen molar-refractivity contribution >= 4 is 35.2 Å². The number of esters is 1. The Labute approximate surface area is 195 Å². The van der Waals surface area contributed by atoms with Crippen molar-refractivity contribution in [2.45, 2.75) is 25.9 Å². The van der Waals surface area contributed by atoms with E-state index >= 15 is 0 Å². The maximum absolute atomic E-state index is 13.3. The molecule has 0 spiro atoms.